The first-order valence-electron chi connectivity index (χ1n) is 10.5. The molecule has 0 spiro atoms. The van der Waals surface area contributed by atoms with Gasteiger partial charge in [0.25, 0.3) is 0 Å². The van der Waals surface area contributed by atoms with Gasteiger partial charge in [-0.2, -0.15) is 5.10 Å². The average molecular weight is 466 g/mol. The number of aromatic amines is 1. The van der Waals surface area contributed by atoms with Crippen molar-refractivity contribution in [1.82, 2.24) is 15.1 Å². The second kappa shape index (κ2) is 7.47. The maximum absolute atomic E-state index is 14.0. The lowest BCUT2D eigenvalue weighted by Gasteiger charge is -2.53. The third kappa shape index (κ3) is 3.35. The van der Waals surface area contributed by atoms with Crippen LogP contribution in [0.2, 0.25) is 0 Å². The molecule has 4 rings (SSSR count). The largest absolute Gasteiger partial charge is 0.323 e. The molecule has 2 aliphatic rings. The monoisotopic (exact) mass is 465 g/mol. The van der Waals surface area contributed by atoms with Gasteiger partial charge in [-0.05, 0) is 64.0 Å². The molecule has 3 amide bonds. The Bertz CT molecular complexity index is 1070. The zero-order chi connectivity index (χ0) is 23.5. The maximum atomic E-state index is 14.0. The number of aromatic nitrogens is 2. The number of hydrogen-bond donors (Lipinski definition) is 3. The summed E-state index contributed by atoms with van der Waals surface area (Å²) < 4.78 is 27.7. The van der Waals surface area contributed by atoms with Crippen molar-refractivity contribution in [2.24, 2.45) is 0 Å². The van der Waals surface area contributed by atoms with Crippen molar-refractivity contribution >= 4 is 33.5 Å². The molecular formula is C22H29F2N5O2S. The van der Waals surface area contributed by atoms with Crippen LogP contribution in [0.5, 0.6) is 0 Å². The number of anilines is 2. The summed E-state index contributed by atoms with van der Waals surface area (Å²) in [6.45, 7) is 3.77. The van der Waals surface area contributed by atoms with Crippen LogP contribution in [-0.2, 0) is 16.9 Å². The molecule has 10 heteroatoms. The first kappa shape index (κ1) is 22.6. The molecule has 0 bridgehead atoms. The lowest BCUT2D eigenvalue weighted by Crippen LogP contribution is -2.51. The molecule has 1 aromatic carbocycles. The summed E-state index contributed by atoms with van der Waals surface area (Å²) in [6.07, 6.45) is 9.20. The minimum Gasteiger partial charge on any atom is -0.309 e. The van der Waals surface area contributed by atoms with E-state index in [4.69, 9.17) is 0 Å². The quantitative estimate of drug-likeness (QED) is 0.620. The van der Waals surface area contributed by atoms with Gasteiger partial charge in [-0.25, -0.2) is 23.6 Å². The van der Waals surface area contributed by atoms with E-state index < -0.39 is 38.9 Å². The number of carbonyl (C=O) groups is 2. The van der Waals surface area contributed by atoms with Crippen LogP contribution in [0.25, 0.3) is 0 Å². The molecule has 2 aromatic rings. The van der Waals surface area contributed by atoms with Crippen LogP contribution in [0.1, 0.15) is 44.4 Å². The Kier molecular flexibility index (Phi) is 5.27. The Morgan fingerprint density at radius 1 is 1.12 bits per heavy atom. The Balaban J connectivity index is 1.56. The number of para-hydroxylation sites is 1. The third-order valence-corrected chi connectivity index (χ3v) is 9.83. The van der Waals surface area contributed by atoms with E-state index in [1.807, 2.05) is 13.8 Å². The van der Waals surface area contributed by atoms with Crippen LogP contribution in [0.4, 0.5) is 25.1 Å². The second-order valence-corrected chi connectivity index (χ2v) is 14.2. The number of carbonyl (C=O) groups excluding carboxylic acids is 2. The predicted molar refractivity (Wildman–Crippen MR) is 123 cm³/mol. The smallest absolute Gasteiger partial charge is 0.309 e. The lowest BCUT2D eigenvalue weighted by molar-refractivity contribution is -0.120. The number of fused-ring (bicyclic) bond motifs is 1. The number of amides is 3. The van der Waals surface area contributed by atoms with E-state index in [1.54, 1.807) is 0 Å². The molecule has 0 radical (unpaired) electrons. The van der Waals surface area contributed by atoms with Crippen molar-refractivity contribution in [3.63, 3.8) is 0 Å². The van der Waals surface area contributed by atoms with Gasteiger partial charge < -0.3 is 15.5 Å². The SMILES string of the molecule is CC1(C)c2[nH]nc(NC(=O)C3(S(C)(C)C)CCC3)c2CN1C(=O)Nc1c(F)cccc1F. The Morgan fingerprint density at radius 2 is 1.75 bits per heavy atom. The summed E-state index contributed by atoms with van der Waals surface area (Å²) in [5, 5.41) is 12.6. The van der Waals surface area contributed by atoms with Gasteiger partial charge in [-0.15, -0.1) is 0 Å². The molecule has 1 fully saturated rings. The number of halogens is 2. The topological polar surface area (TPSA) is 90.1 Å². The maximum Gasteiger partial charge on any atom is 0.323 e. The second-order valence-electron chi connectivity index (χ2n) is 9.74. The molecular weight excluding hydrogens is 436 g/mol. The number of hydrogen-bond acceptors (Lipinski definition) is 3. The van der Waals surface area contributed by atoms with E-state index in [0.29, 0.717) is 17.1 Å². The predicted octanol–water partition coefficient (Wildman–Crippen LogP) is 4.53. The highest BCUT2D eigenvalue weighted by Gasteiger charge is 2.51. The highest BCUT2D eigenvalue weighted by molar-refractivity contribution is 8.33. The van der Waals surface area contributed by atoms with E-state index in [2.05, 4.69) is 39.6 Å². The Hall–Kier alpha value is -2.62. The fourth-order valence-electron chi connectivity index (χ4n) is 4.57. The van der Waals surface area contributed by atoms with Crippen molar-refractivity contribution < 1.29 is 18.4 Å². The van der Waals surface area contributed by atoms with Gasteiger partial charge >= 0.3 is 6.03 Å². The summed E-state index contributed by atoms with van der Waals surface area (Å²) >= 11 is 0. The standard InChI is InChI=1S/C22H29F2N5O2S/c1-21(2)17-13(12-29(21)20(31)25-16-14(23)8-6-9-15(16)24)18(28-27-17)26-19(30)22(10-7-11-22)32(3,4)5/h6,8-9H,7,10-12H2,1-5H3,(H,25,31)(H2,26,27,28,30). The molecule has 1 aromatic heterocycles. The van der Waals surface area contributed by atoms with Crippen molar-refractivity contribution in [1.29, 1.82) is 0 Å². The van der Waals surface area contributed by atoms with Crippen LogP contribution in [0, 0.1) is 11.6 Å². The molecule has 174 valence electrons. The first-order chi connectivity index (χ1) is 14.9. The van der Waals surface area contributed by atoms with Crippen LogP contribution in [-0.4, -0.2) is 50.5 Å². The summed E-state index contributed by atoms with van der Waals surface area (Å²) in [7, 11) is -1.13. The third-order valence-electron chi connectivity index (χ3n) is 6.89. The van der Waals surface area contributed by atoms with Crippen LogP contribution in [0.3, 0.4) is 0 Å². The normalized spacial score (nSPS) is 19.2. The van der Waals surface area contributed by atoms with Gasteiger partial charge in [-0.3, -0.25) is 9.89 Å². The highest BCUT2D eigenvalue weighted by Crippen LogP contribution is 2.60. The number of nitrogens with zero attached hydrogens (tertiary/aromatic N) is 2. The molecule has 1 saturated carbocycles. The zero-order valence-electron chi connectivity index (χ0n) is 18.9. The fraction of sp³-hybridized carbons (Fsp3) is 0.500. The van der Waals surface area contributed by atoms with E-state index >= 15 is 0 Å². The molecule has 1 aliphatic carbocycles. The summed E-state index contributed by atoms with van der Waals surface area (Å²) in [5.74, 6) is -1.33. The van der Waals surface area contributed by atoms with E-state index in [-0.39, 0.29) is 17.2 Å². The van der Waals surface area contributed by atoms with E-state index in [0.717, 1.165) is 31.4 Å². The zero-order valence-corrected chi connectivity index (χ0v) is 19.8. The Morgan fingerprint density at radius 3 is 2.28 bits per heavy atom. The minimum atomic E-state index is -1.13. The Labute approximate surface area is 187 Å². The number of benzene rings is 1. The number of nitrogens with one attached hydrogen (secondary N) is 3. The first-order valence-corrected chi connectivity index (χ1v) is 13.3. The number of H-pyrrole nitrogens is 1. The fourth-order valence-corrected chi connectivity index (χ4v) is 6.69. The number of rotatable bonds is 4. The molecule has 32 heavy (non-hydrogen) atoms. The van der Waals surface area contributed by atoms with Gasteiger partial charge in [-0.1, -0.05) is 6.07 Å². The summed E-state index contributed by atoms with van der Waals surface area (Å²) in [4.78, 5) is 27.6. The molecule has 7 nitrogen and oxygen atoms in total. The van der Waals surface area contributed by atoms with Crippen molar-refractivity contribution in [2.45, 2.75) is 49.9 Å². The molecule has 1 aliphatic heterocycles. The summed E-state index contributed by atoms with van der Waals surface area (Å²) in [6, 6.07) is 2.76. The lowest BCUT2D eigenvalue weighted by atomic mass is 9.83. The molecule has 0 unspecified atom stereocenters. The summed E-state index contributed by atoms with van der Waals surface area (Å²) in [5.41, 5.74) is 0.0739. The van der Waals surface area contributed by atoms with Gasteiger partial charge in [0.1, 0.15) is 17.3 Å². The van der Waals surface area contributed by atoms with Gasteiger partial charge in [0.15, 0.2) is 5.82 Å². The average Bonchev–Trinajstić information content (AvgIpc) is 3.14. The van der Waals surface area contributed by atoms with Gasteiger partial charge in [0.2, 0.25) is 5.91 Å². The minimum absolute atomic E-state index is 0.0327. The van der Waals surface area contributed by atoms with E-state index in [1.165, 1.54) is 11.0 Å². The molecule has 0 saturated heterocycles. The van der Waals surface area contributed by atoms with E-state index in [9.17, 15) is 18.4 Å². The van der Waals surface area contributed by atoms with Crippen LogP contribution in [0.15, 0.2) is 18.2 Å². The van der Waals surface area contributed by atoms with Crippen molar-refractivity contribution in [3.8, 4) is 0 Å². The molecule has 3 N–H and O–H groups in total. The van der Waals surface area contributed by atoms with Crippen molar-refractivity contribution in [3.05, 3.63) is 41.1 Å². The highest BCUT2D eigenvalue weighted by atomic mass is 32.3. The number of urea groups is 1. The van der Waals surface area contributed by atoms with Crippen LogP contribution >= 0.6 is 10.0 Å². The van der Waals surface area contributed by atoms with Gasteiger partial charge in [0.05, 0.1) is 22.5 Å². The molecule has 0 atom stereocenters. The molecule has 2 heterocycles. The van der Waals surface area contributed by atoms with Crippen LogP contribution < -0.4 is 10.6 Å². The van der Waals surface area contributed by atoms with Crippen molar-refractivity contribution in [2.75, 3.05) is 29.4 Å². The van der Waals surface area contributed by atoms with Gasteiger partial charge in [0, 0.05) is 5.56 Å².